The Kier molecular flexibility index (Phi) is 7.00. The number of hydrogen-bond acceptors (Lipinski definition) is 9. The molecule has 3 heterocycles. The number of thioether (sulfide) groups is 1. The van der Waals surface area contributed by atoms with Gasteiger partial charge in [-0.3, -0.25) is 15.2 Å². The van der Waals surface area contributed by atoms with E-state index in [1.807, 2.05) is 6.07 Å². The number of amidine groups is 2. The number of aliphatic imine (C=N–C) groups is 1. The van der Waals surface area contributed by atoms with Crippen molar-refractivity contribution in [1.29, 1.82) is 5.41 Å². The van der Waals surface area contributed by atoms with Crippen LogP contribution < -0.4 is 14.2 Å². The summed E-state index contributed by atoms with van der Waals surface area (Å²) < 4.78 is 16.4. The van der Waals surface area contributed by atoms with Gasteiger partial charge in [-0.1, -0.05) is 12.1 Å². The number of hydrogen-bond donors (Lipinski definition) is 1. The first-order valence-electron chi connectivity index (χ1n) is 11.5. The summed E-state index contributed by atoms with van der Waals surface area (Å²) in [6.07, 6.45) is 4.84. The van der Waals surface area contributed by atoms with Crippen LogP contribution in [-0.2, 0) is 4.79 Å². The number of carbonyl (C=O) groups is 2. The average Bonchev–Trinajstić information content (AvgIpc) is 3.37. The number of nitrogens with zero attached hydrogens (tertiary/aromatic N) is 4. The molecule has 0 saturated carbocycles. The van der Waals surface area contributed by atoms with Gasteiger partial charge in [0.2, 0.25) is 5.17 Å². The van der Waals surface area contributed by atoms with Gasteiger partial charge < -0.3 is 14.2 Å². The third-order valence-electron chi connectivity index (χ3n) is 5.45. The molecule has 0 atom stereocenters. The van der Waals surface area contributed by atoms with Crippen LogP contribution in [0.25, 0.3) is 6.08 Å². The zero-order valence-corrected chi connectivity index (χ0v) is 21.2. The molecule has 2 aliphatic rings. The summed E-state index contributed by atoms with van der Waals surface area (Å²) in [7, 11) is 1.52. The van der Waals surface area contributed by atoms with Gasteiger partial charge in [-0.15, -0.1) is 0 Å². The largest absolute Gasteiger partial charge is 0.497 e. The van der Waals surface area contributed by atoms with Crippen LogP contribution in [0.3, 0.4) is 0 Å². The first-order chi connectivity index (χ1) is 18.5. The standard InChI is InChI=1S/C27H21N5O5S/c1-3-36-22-13-16(9-10-21(22)37-26(34)17-6-4-8-19(14-17)35-2)12-20-23(28)32-27(30-24(20)33)38-25(31-32)18-7-5-11-29-15-18/h4-15,28H,3H2,1-2H3/b20-12+,28-23?. The molecule has 0 spiro atoms. The van der Waals surface area contributed by atoms with Crippen molar-refractivity contribution in [1.82, 2.24) is 9.99 Å². The van der Waals surface area contributed by atoms with E-state index in [1.54, 1.807) is 67.8 Å². The highest BCUT2D eigenvalue weighted by Gasteiger charge is 2.36. The molecular weight excluding hydrogens is 506 g/mol. The summed E-state index contributed by atoms with van der Waals surface area (Å²) in [6, 6.07) is 15.1. The minimum absolute atomic E-state index is 0.0640. The predicted octanol–water partition coefficient (Wildman–Crippen LogP) is 4.38. The highest BCUT2D eigenvalue weighted by atomic mass is 32.2. The number of nitrogens with one attached hydrogen (secondary N) is 1. The molecule has 10 nitrogen and oxygen atoms in total. The van der Waals surface area contributed by atoms with Crippen molar-refractivity contribution < 1.29 is 23.8 Å². The first kappa shape index (κ1) is 24.9. The quantitative estimate of drug-likeness (QED) is 0.273. The Morgan fingerprint density at radius 3 is 2.76 bits per heavy atom. The second kappa shape index (κ2) is 10.7. The number of ether oxygens (including phenoxy) is 3. The Morgan fingerprint density at radius 1 is 1.13 bits per heavy atom. The fraction of sp³-hybridized carbons (Fsp3) is 0.111. The van der Waals surface area contributed by atoms with Crippen LogP contribution in [0.4, 0.5) is 0 Å². The number of esters is 1. The summed E-state index contributed by atoms with van der Waals surface area (Å²) >= 11 is 1.20. The third kappa shape index (κ3) is 5.04. The number of pyridine rings is 1. The second-order valence-electron chi connectivity index (χ2n) is 7.93. The molecule has 38 heavy (non-hydrogen) atoms. The minimum Gasteiger partial charge on any atom is -0.497 e. The molecule has 190 valence electrons. The van der Waals surface area contributed by atoms with Gasteiger partial charge in [0.1, 0.15) is 10.8 Å². The van der Waals surface area contributed by atoms with Crippen LogP contribution in [-0.4, -0.2) is 51.6 Å². The van der Waals surface area contributed by atoms with Gasteiger partial charge in [-0.25, -0.2) is 4.79 Å². The highest BCUT2D eigenvalue weighted by Crippen LogP contribution is 2.33. The lowest BCUT2D eigenvalue weighted by Crippen LogP contribution is -2.35. The number of aromatic nitrogens is 1. The van der Waals surface area contributed by atoms with Crippen molar-refractivity contribution in [2.45, 2.75) is 6.92 Å². The Hall–Kier alpha value is -4.77. The van der Waals surface area contributed by atoms with Crippen molar-refractivity contribution in [3.63, 3.8) is 0 Å². The van der Waals surface area contributed by atoms with E-state index in [-0.39, 0.29) is 17.2 Å². The maximum Gasteiger partial charge on any atom is 0.343 e. The topological polar surface area (TPSA) is 127 Å². The van der Waals surface area contributed by atoms with Gasteiger partial charge in [-0.2, -0.15) is 15.1 Å². The van der Waals surface area contributed by atoms with Crippen molar-refractivity contribution in [3.8, 4) is 17.2 Å². The number of fused-ring (bicyclic) bond motifs is 1. The van der Waals surface area contributed by atoms with Gasteiger partial charge in [0.05, 0.1) is 24.9 Å². The van der Waals surface area contributed by atoms with Gasteiger partial charge >= 0.3 is 5.97 Å². The SMILES string of the molecule is CCOc1cc(/C=C2\C(=N)N3N=C(c4cccnc4)SC3=NC2=O)ccc1OC(=O)c1cccc(OC)c1. The van der Waals surface area contributed by atoms with Crippen LogP contribution >= 0.6 is 11.8 Å². The number of benzene rings is 2. The number of carbonyl (C=O) groups excluding carboxylic acids is 2. The van der Waals surface area contributed by atoms with Crippen molar-refractivity contribution in [3.05, 3.63) is 89.3 Å². The highest BCUT2D eigenvalue weighted by molar-refractivity contribution is 8.27. The molecule has 3 aromatic rings. The van der Waals surface area contributed by atoms with Crippen LogP contribution in [0, 0.1) is 5.41 Å². The molecule has 0 aliphatic carbocycles. The summed E-state index contributed by atoms with van der Waals surface area (Å²) in [6.45, 7) is 2.13. The first-order valence-corrected chi connectivity index (χ1v) is 12.3. The van der Waals surface area contributed by atoms with Gasteiger partial charge in [-0.05, 0) is 72.8 Å². The summed E-state index contributed by atoms with van der Waals surface area (Å²) in [5, 5.41) is 15.3. The lowest BCUT2D eigenvalue weighted by molar-refractivity contribution is -0.114. The molecule has 0 radical (unpaired) electrons. The van der Waals surface area contributed by atoms with E-state index in [1.165, 1.54) is 30.0 Å². The van der Waals surface area contributed by atoms with E-state index < -0.39 is 11.9 Å². The monoisotopic (exact) mass is 527 g/mol. The van der Waals surface area contributed by atoms with Gasteiger partial charge in [0.15, 0.2) is 17.3 Å². The van der Waals surface area contributed by atoms with Crippen LogP contribution in [0.1, 0.15) is 28.4 Å². The molecule has 2 aliphatic heterocycles. The number of hydrazone groups is 1. The minimum atomic E-state index is -0.573. The summed E-state index contributed by atoms with van der Waals surface area (Å²) in [4.78, 5) is 33.7. The van der Waals surface area contributed by atoms with E-state index in [9.17, 15) is 9.59 Å². The van der Waals surface area contributed by atoms with Crippen molar-refractivity contribution in [2.24, 2.45) is 10.1 Å². The smallest absolute Gasteiger partial charge is 0.343 e. The summed E-state index contributed by atoms with van der Waals surface area (Å²) in [5.74, 6) is -0.165. The number of methoxy groups -OCH3 is 1. The van der Waals surface area contributed by atoms with E-state index in [0.29, 0.717) is 39.4 Å². The number of rotatable bonds is 7. The lowest BCUT2D eigenvalue weighted by atomic mass is 10.1. The normalized spacial score (nSPS) is 15.6. The molecule has 0 bridgehead atoms. The predicted molar refractivity (Wildman–Crippen MR) is 144 cm³/mol. The van der Waals surface area contributed by atoms with Crippen LogP contribution in [0.15, 0.2) is 82.7 Å². The molecule has 1 amide bonds. The lowest BCUT2D eigenvalue weighted by Gasteiger charge is -2.20. The zero-order chi connectivity index (χ0) is 26.6. The zero-order valence-electron chi connectivity index (χ0n) is 20.4. The van der Waals surface area contributed by atoms with E-state index >= 15 is 0 Å². The molecule has 5 rings (SSSR count). The fourth-order valence-electron chi connectivity index (χ4n) is 3.64. The third-order valence-corrected chi connectivity index (χ3v) is 6.41. The van der Waals surface area contributed by atoms with Gasteiger partial charge in [0, 0.05) is 18.0 Å². The van der Waals surface area contributed by atoms with Gasteiger partial charge in [0.25, 0.3) is 5.91 Å². The van der Waals surface area contributed by atoms with Crippen LogP contribution in [0.2, 0.25) is 0 Å². The Balaban J connectivity index is 1.40. The van der Waals surface area contributed by atoms with Crippen molar-refractivity contribution >= 4 is 45.8 Å². The molecule has 2 aromatic carbocycles. The maximum absolute atomic E-state index is 12.8. The van der Waals surface area contributed by atoms with E-state index in [4.69, 9.17) is 19.6 Å². The average molecular weight is 528 g/mol. The molecule has 0 fully saturated rings. The fourth-order valence-corrected chi connectivity index (χ4v) is 4.52. The molecule has 11 heteroatoms. The Bertz CT molecular complexity index is 1530. The molecule has 0 unspecified atom stereocenters. The number of amides is 1. The Labute approximate surface area is 222 Å². The summed E-state index contributed by atoms with van der Waals surface area (Å²) in [5.41, 5.74) is 1.71. The second-order valence-corrected chi connectivity index (χ2v) is 8.88. The van der Waals surface area contributed by atoms with Crippen LogP contribution in [0.5, 0.6) is 17.2 Å². The maximum atomic E-state index is 12.8. The molecular formula is C27H21N5O5S. The Morgan fingerprint density at radius 2 is 2.00 bits per heavy atom. The van der Waals surface area contributed by atoms with E-state index in [0.717, 1.165) is 5.56 Å². The molecule has 1 aromatic heterocycles. The molecule has 0 saturated heterocycles. The molecule has 1 N–H and O–H groups in total. The van der Waals surface area contributed by atoms with E-state index in [2.05, 4.69) is 15.1 Å². The van der Waals surface area contributed by atoms with Crippen molar-refractivity contribution in [2.75, 3.05) is 13.7 Å².